The van der Waals surface area contributed by atoms with E-state index in [0.29, 0.717) is 5.41 Å². The SMILES string of the molecule is CC1CCN(CC2(CNC3CC3)CCOCC2)C(C)C1. The Hall–Kier alpha value is -0.120. The number of hydrogen-bond acceptors (Lipinski definition) is 3. The van der Waals surface area contributed by atoms with Gasteiger partial charge in [-0.1, -0.05) is 6.92 Å². The summed E-state index contributed by atoms with van der Waals surface area (Å²) < 4.78 is 5.63. The van der Waals surface area contributed by atoms with Crippen molar-refractivity contribution < 1.29 is 4.74 Å². The molecule has 1 N–H and O–H groups in total. The molecule has 0 aromatic heterocycles. The molecule has 3 nitrogen and oxygen atoms in total. The van der Waals surface area contributed by atoms with Gasteiger partial charge in [0.2, 0.25) is 0 Å². The lowest BCUT2D eigenvalue weighted by Gasteiger charge is -2.45. The van der Waals surface area contributed by atoms with Gasteiger partial charge in [0.05, 0.1) is 0 Å². The van der Waals surface area contributed by atoms with Crippen LogP contribution in [0.1, 0.15) is 52.4 Å². The second kappa shape index (κ2) is 6.33. The van der Waals surface area contributed by atoms with Crippen molar-refractivity contribution in [2.75, 3.05) is 32.8 Å². The number of hydrogen-bond donors (Lipinski definition) is 1. The standard InChI is InChI=1S/C17H32N2O/c1-14-5-8-19(15(2)11-14)13-17(6-9-20-10-7-17)12-18-16-3-4-16/h14-16,18H,3-13H2,1-2H3. The van der Waals surface area contributed by atoms with Crippen LogP contribution < -0.4 is 5.32 Å². The van der Waals surface area contributed by atoms with Gasteiger partial charge in [-0.2, -0.15) is 0 Å². The molecular weight excluding hydrogens is 248 g/mol. The molecular formula is C17H32N2O. The van der Waals surface area contributed by atoms with Crippen molar-refractivity contribution in [1.29, 1.82) is 0 Å². The maximum absolute atomic E-state index is 5.63. The van der Waals surface area contributed by atoms with E-state index < -0.39 is 0 Å². The molecule has 3 rings (SSSR count). The van der Waals surface area contributed by atoms with E-state index in [0.717, 1.165) is 31.2 Å². The van der Waals surface area contributed by atoms with E-state index in [1.807, 2.05) is 0 Å². The minimum atomic E-state index is 0.468. The van der Waals surface area contributed by atoms with Crippen LogP contribution in [0.25, 0.3) is 0 Å². The van der Waals surface area contributed by atoms with Gasteiger partial charge in [-0.3, -0.25) is 0 Å². The van der Waals surface area contributed by atoms with Gasteiger partial charge in [-0.25, -0.2) is 0 Å². The zero-order valence-electron chi connectivity index (χ0n) is 13.4. The minimum Gasteiger partial charge on any atom is -0.381 e. The highest BCUT2D eigenvalue weighted by molar-refractivity contribution is 4.92. The van der Waals surface area contributed by atoms with Crippen LogP contribution in [0.3, 0.4) is 0 Å². The van der Waals surface area contributed by atoms with Crippen LogP contribution in [-0.2, 0) is 4.74 Å². The maximum atomic E-state index is 5.63. The molecule has 2 unspecified atom stereocenters. The summed E-state index contributed by atoms with van der Waals surface area (Å²) in [5.74, 6) is 0.913. The van der Waals surface area contributed by atoms with Crippen LogP contribution in [0.15, 0.2) is 0 Å². The van der Waals surface area contributed by atoms with Crippen LogP contribution in [0, 0.1) is 11.3 Å². The fraction of sp³-hybridized carbons (Fsp3) is 1.00. The summed E-state index contributed by atoms with van der Waals surface area (Å²) in [5.41, 5.74) is 0.468. The smallest absolute Gasteiger partial charge is 0.0472 e. The molecule has 1 saturated carbocycles. The predicted octanol–water partition coefficient (Wildman–Crippen LogP) is 2.66. The van der Waals surface area contributed by atoms with Crippen molar-refractivity contribution in [3.05, 3.63) is 0 Å². The third-order valence-corrected chi connectivity index (χ3v) is 5.71. The van der Waals surface area contributed by atoms with E-state index in [9.17, 15) is 0 Å². The first-order valence-electron chi connectivity index (χ1n) is 8.72. The van der Waals surface area contributed by atoms with Gasteiger partial charge in [-0.05, 0) is 63.3 Å². The molecule has 2 aliphatic heterocycles. The van der Waals surface area contributed by atoms with Crippen molar-refractivity contribution in [2.24, 2.45) is 11.3 Å². The summed E-state index contributed by atoms with van der Waals surface area (Å²) in [6, 6.07) is 1.59. The van der Waals surface area contributed by atoms with Gasteiger partial charge in [0.25, 0.3) is 0 Å². The van der Waals surface area contributed by atoms with E-state index in [-0.39, 0.29) is 0 Å². The van der Waals surface area contributed by atoms with E-state index in [4.69, 9.17) is 4.74 Å². The van der Waals surface area contributed by atoms with Crippen molar-refractivity contribution in [3.8, 4) is 0 Å². The number of ether oxygens (including phenoxy) is 1. The maximum Gasteiger partial charge on any atom is 0.0472 e. The van der Waals surface area contributed by atoms with Crippen molar-refractivity contribution in [2.45, 2.75) is 64.5 Å². The molecule has 2 heterocycles. The van der Waals surface area contributed by atoms with Crippen molar-refractivity contribution in [3.63, 3.8) is 0 Å². The average molecular weight is 280 g/mol. The Labute approximate surface area is 124 Å². The highest BCUT2D eigenvalue weighted by Gasteiger charge is 2.37. The Balaban J connectivity index is 1.59. The van der Waals surface area contributed by atoms with Crippen molar-refractivity contribution >= 4 is 0 Å². The van der Waals surface area contributed by atoms with Crippen LogP contribution in [0.4, 0.5) is 0 Å². The average Bonchev–Trinajstić information content (AvgIpc) is 3.25. The Morgan fingerprint density at radius 2 is 1.90 bits per heavy atom. The molecule has 0 amide bonds. The van der Waals surface area contributed by atoms with Crippen LogP contribution in [0.5, 0.6) is 0 Å². The second-order valence-electron chi connectivity index (χ2n) is 7.72. The summed E-state index contributed by atoms with van der Waals surface area (Å²) in [6.45, 7) is 10.6. The first-order valence-corrected chi connectivity index (χ1v) is 8.72. The van der Waals surface area contributed by atoms with Gasteiger partial charge in [0.15, 0.2) is 0 Å². The first kappa shape index (κ1) is 14.8. The number of piperidine rings is 1. The largest absolute Gasteiger partial charge is 0.381 e. The van der Waals surface area contributed by atoms with E-state index in [1.54, 1.807) is 0 Å². The summed E-state index contributed by atoms with van der Waals surface area (Å²) in [7, 11) is 0. The highest BCUT2D eigenvalue weighted by Crippen LogP contribution is 2.35. The Morgan fingerprint density at radius 1 is 1.15 bits per heavy atom. The molecule has 1 aliphatic carbocycles. The topological polar surface area (TPSA) is 24.5 Å². The fourth-order valence-corrected chi connectivity index (χ4v) is 3.97. The Morgan fingerprint density at radius 3 is 2.55 bits per heavy atom. The molecule has 116 valence electrons. The van der Waals surface area contributed by atoms with Gasteiger partial charge in [0, 0.05) is 38.4 Å². The van der Waals surface area contributed by atoms with Gasteiger partial charge in [0.1, 0.15) is 0 Å². The molecule has 0 spiro atoms. The fourth-order valence-electron chi connectivity index (χ4n) is 3.97. The molecule has 2 saturated heterocycles. The third-order valence-electron chi connectivity index (χ3n) is 5.71. The Bertz CT molecular complexity index is 310. The molecule has 20 heavy (non-hydrogen) atoms. The van der Waals surface area contributed by atoms with E-state index in [2.05, 4.69) is 24.1 Å². The lowest BCUT2D eigenvalue weighted by molar-refractivity contribution is -0.0191. The second-order valence-corrected chi connectivity index (χ2v) is 7.72. The van der Waals surface area contributed by atoms with Crippen LogP contribution >= 0.6 is 0 Å². The number of likely N-dealkylation sites (tertiary alicyclic amines) is 1. The minimum absolute atomic E-state index is 0.468. The zero-order chi connectivity index (χ0) is 14.0. The van der Waals surface area contributed by atoms with Gasteiger partial charge in [-0.15, -0.1) is 0 Å². The first-order chi connectivity index (χ1) is 9.67. The van der Waals surface area contributed by atoms with E-state index in [1.165, 1.54) is 58.2 Å². The summed E-state index contributed by atoms with van der Waals surface area (Å²) in [4.78, 5) is 2.76. The summed E-state index contributed by atoms with van der Waals surface area (Å²) in [5, 5.41) is 3.80. The molecule has 0 aromatic carbocycles. The zero-order valence-corrected chi connectivity index (χ0v) is 13.4. The normalized spacial score (nSPS) is 35.1. The predicted molar refractivity (Wildman–Crippen MR) is 82.9 cm³/mol. The number of rotatable bonds is 5. The molecule has 3 fully saturated rings. The molecule has 0 aromatic rings. The third kappa shape index (κ3) is 3.75. The molecule has 3 aliphatic rings. The quantitative estimate of drug-likeness (QED) is 0.838. The Kier molecular flexibility index (Phi) is 4.68. The van der Waals surface area contributed by atoms with Gasteiger partial charge < -0.3 is 15.0 Å². The molecule has 2 atom stereocenters. The monoisotopic (exact) mass is 280 g/mol. The number of nitrogens with one attached hydrogen (secondary N) is 1. The molecule has 0 bridgehead atoms. The highest BCUT2D eigenvalue weighted by atomic mass is 16.5. The van der Waals surface area contributed by atoms with Crippen LogP contribution in [-0.4, -0.2) is 49.8 Å². The van der Waals surface area contributed by atoms with Crippen molar-refractivity contribution in [1.82, 2.24) is 10.2 Å². The van der Waals surface area contributed by atoms with Gasteiger partial charge >= 0.3 is 0 Å². The lowest BCUT2D eigenvalue weighted by Crippen LogP contribution is -2.51. The summed E-state index contributed by atoms with van der Waals surface area (Å²) in [6.07, 6.45) is 8.03. The lowest BCUT2D eigenvalue weighted by atomic mass is 9.78. The molecule has 3 heteroatoms. The number of nitrogens with zero attached hydrogens (tertiary/aromatic N) is 1. The van der Waals surface area contributed by atoms with Crippen LogP contribution in [0.2, 0.25) is 0 Å². The molecule has 0 radical (unpaired) electrons. The summed E-state index contributed by atoms with van der Waals surface area (Å²) >= 11 is 0. The van der Waals surface area contributed by atoms with E-state index >= 15 is 0 Å².